The van der Waals surface area contributed by atoms with Gasteiger partial charge in [0.15, 0.2) is 0 Å². The topological polar surface area (TPSA) is 21.7 Å². The summed E-state index contributed by atoms with van der Waals surface area (Å²) in [4.78, 5) is 2.22. The van der Waals surface area contributed by atoms with E-state index >= 15 is 0 Å². The Balaban J connectivity index is 1.21. The number of aryl methyl sites for hydroxylation is 1. The maximum Gasteiger partial charge on any atom is 0.143 e. The molecule has 37 heavy (non-hydrogen) atoms. The predicted octanol–water partition coefficient (Wildman–Crippen LogP) is 7.77. The molecule has 3 aliphatic rings. The van der Waals surface area contributed by atoms with Crippen molar-refractivity contribution >= 4 is 5.69 Å². The molecule has 3 aliphatic carbocycles. The molecule has 5 atom stereocenters. The van der Waals surface area contributed by atoms with Gasteiger partial charge < -0.3 is 14.4 Å². The molecule has 0 saturated heterocycles. The van der Waals surface area contributed by atoms with Crippen LogP contribution < -0.4 is 9.64 Å². The zero-order valence-corrected chi connectivity index (χ0v) is 22.7. The fourth-order valence-electron chi connectivity index (χ4n) is 7.78. The van der Waals surface area contributed by atoms with Crippen molar-refractivity contribution in [3.8, 4) is 5.75 Å². The highest BCUT2D eigenvalue weighted by atomic mass is 16.5. The van der Waals surface area contributed by atoms with Crippen LogP contribution in [-0.2, 0) is 24.4 Å². The third-order valence-electron chi connectivity index (χ3n) is 9.73. The van der Waals surface area contributed by atoms with Crippen LogP contribution in [0.2, 0.25) is 0 Å². The Hall–Kier alpha value is -2.78. The van der Waals surface area contributed by atoms with Crippen molar-refractivity contribution in [2.45, 2.75) is 70.7 Å². The molecule has 0 spiro atoms. The standard InChI is InChI=1S/C34H41NO2/c1-34-19-18-27-28(30(34)16-17-33(34)37-23-25-12-8-5-9-13-25)15-14-26-20-32(31(35(2)3)21-29(26)27)36-22-24-10-6-4-7-11-24/h4-13,20-21,27-28,30,33H,14-19,22-23H2,1-3H3/t27-,28+,30-,33-,34-/m0/s1. The van der Waals surface area contributed by atoms with E-state index in [0.29, 0.717) is 24.0 Å². The Morgan fingerprint density at radius 3 is 2.24 bits per heavy atom. The Labute approximate surface area is 222 Å². The number of fused-ring (bicyclic) bond motifs is 5. The Morgan fingerprint density at radius 1 is 0.838 bits per heavy atom. The van der Waals surface area contributed by atoms with Crippen molar-refractivity contribution in [2.75, 3.05) is 19.0 Å². The Kier molecular flexibility index (Phi) is 6.75. The first-order valence-corrected chi connectivity index (χ1v) is 14.2. The minimum atomic E-state index is 0.302. The summed E-state index contributed by atoms with van der Waals surface area (Å²) < 4.78 is 13.0. The van der Waals surface area contributed by atoms with Gasteiger partial charge in [-0.05, 0) is 96.1 Å². The van der Waals surface area contributed by atoms with Crippen LogP contribution >= 0.6 is 0 Å². The second-order valence-electron chi connectivity index (χ2n) is 12.0. The molecule has 0 aromatic heterocycles. The fraction of sp³-hybridized carbons (Fsp3) is 0.471. The highest BCUT2D eigenvalue weighted by Gasteiger charge is 2.55. The maximum atomic E-state index is 6.62. The summed E-state index contributed by atoms with van der Waals surface area (Å²) in [7, 11) is 4.28. The molecular formula is C34H41NO2. The second kappa shape index (κ2) is 10.2. The molecule has 3 aromatic carbocycles. The fourth-order valence-corrected chi connectivity index (χ4v) is 7.78. The average molecular weight is 496 g/mol. The van der Waals surface area contributed by atoms with E-state index in [9.17, 15) is 0 Å². The van der Waals surface area contributed by atoms with Gasteiger partial charge in [-0.3, -0.25) is 0 Å². The molecule has 194 valence electrons. The van der Waals surface area contributed by atoms with Crippen LogP contribution in [0, 0.1) is 17.3 Å². The van der Waals surface area contributed by atoms with Crippen LogP contribution in [-0.4, -0.2) is 20.2 Å². The van der Waals surface area contributed by atoms with Crippen LogP contribution in [0.15, 0.2) is 72.8 Å². The number of rotatable bonds is 7. The number of hydrogen-bond donors (Lipinski definition) is 0. The summed E-state index contributed by atoms with van der Waals surface area (Å²) in [5, 5.41) is 0. The van der Waals surface area contributed by atoms with Crippen LogP contribution in [0.4, 0.5) is 5.69 Å². The highest BCUT2D eigenvalue weighted by molar-refractivity contribution is 5.62. The number of benzene rings is 3. The third kappa shape index (κ3) is 4.68. The van der Waals surface area contributed by atoms with E-state index in [1.807, 2.05) is 0 Å². The van der Waals surface area contributed by atoms with Gasteiger partial charge in [-0.15, -0.1) is 0 Å². The minimum Gasteiger partial charge on any atom is -0.487 e. The molecule has 2 saturated carbocycles. The molecule has 3 aromatic rings. The molecule has 3 heteroatoms. The van der Waals surface area contributed by atoms with Crippen molar-refractivity contribution in [2.24, 2.45) is 17.3 Å². The lowest BCUT2D eigenvalue weighted by Crippen LogP contribution is -2.44. The van der Waals surface area contributed by atoms with Crippen molar-refractivity contribution in [1.29, 1.82) is 0 Å². The van der Waals surface area contributed by atoms with E-state index in [-0.39, 0.29) is 0 Å². The van der Waals surface area contributed by atoms with Crippen LogP contribution in [0.3, 0.4) is 0 Å². The van der Waals surface area contributed by atoms with Gasteiger partial charge in [0, 0.05) is 14.1 Å². The first-order valence-electron chi connectivity index (χ1n) is 14.2. The molecule has 0 radical (unpaired) electrons. The zero-order chi connectivity index (χ0) is 25.4. The molecule has 0 N–H and O–H groups in total. The van der Waals surface area contributed by atoms with Gasteiger partial charge in [-0.2, -0.15) is 0 Å². The van der Waals surface area contributed by atoms with E-state index in [4.69, 9.17) is 9.47 Å². The van der Waals surface area contributed by atoms with Gasteiger partial charge in [0.1, 0.15) is 12.4 Å². The molecule has 3 nitrogen and oxygen atoms in total. The molecule has 0 aliphatic heterocycles. The van der Waals surface area contributed by atoms with Gasteiger partial charge >= 0.3 is 0 Å². The van der Waals surface area contributed by atoms with Crippen molar-refractivity contribution in [1.82, 2.24) is 0 Å². The zero-order valence-electron chi connectivity index (χ0n) is 22.7. The smallest absolute Gasteiger partial charge is 0.143 e. The monoisotopic (exact) mass is 495 g/mol. The summed E-state index contributed by atoms with van der Waals surface area (Å²) in [5.41, 5.74) is 7.10. The lowest BCUT2D eigenvalue weighted by Gasteiger charge is -2.51. The van der Waals surface area contributed by atoms with Crippen molar-refractivity contribution < 1.29 is 9.47 Å². The van der Waals surface area contributed by atoms with Crippen LogP contribution in [0.1, 0.15) is 67.2 Å². The van der Waals surface area contributed by atoms with E-state index < -0.39 is 0 Å². The highest BCUT2D eigenvalue weighted by Crippen LogP contribution is 2.62. The first kappa shape index (κ1) is 24.6. The molecule has 0 unspecified atom stereocenters. The Bertz CT molecular complexity index is 1210. The normalized spacial score (nSPS) is 28.2. The third-order valence-corrected chi connectivity index (χ3v) is 9.73. The molecule has 0 bridgehead atoms. The molecular weight excluding hydrogens is 454 g/mol. The Morgan fingerprint density at radius 2 is 1.54 bits per heavy atom. The SMILES string of the molecule is CN(C)c1cc2c(cc1OCc1ccccc1)CC[C@@H]1[C@@H]2CC[C@]2(C)[C@@H](OCc3ccccc3)CC[C@@H]12. The number of nitrogens with zero attached hydrogens (tertiary/aromatic N) is 1. The van der Waals surface area contributed by atoms with Crippen molar-refractivity contribution in [3.05, 3.63) is 95.1 Å². The average Bonchev–Trinajstić information content (AvgIpc) is 3.27. The van der Waals surface area contributed by atoms with E-state index in [0.717, 1.165) is 30.6 Å². The van der Waals surface area contributed by atoms with Gasteiger partial charge in [-0.1, -0.05) is 67.6 Å². The van der Waals surface area contributed by atoms with Gasteiger partial charge in [0.2, 0.25) is 0 Å². The van der Waals surface area contributed by atoms with Gasteiger partial charge in [0.25, 0.3) is 0 Å². The summed E-state index contributed by atoms with van der Waals surface area (Å²) >= 11 is 0. The van der Waals surface area contributed by atoms with Crippen LogP contribution in [0.25, 0.3) is 0 Å². The van der Waals surface area contributed by atoms with Gasteiger partial charge in [0.05, 0.1) is 18.4 Å². The largest absolute Gasteiger partial charge is 0.487 e. The number of anilines is 1. The minimum absolute atomic E-state index is 0.302. The lowest BCUT2D eigenvalue weighted by atomic mass is 9.55. The summed E-state index contributed by atoms with van der Waals surface area (Å²) in [5.74, 6) is 3.21. The number of ether oxygens (including phenoxy) is 2. The van der Waals surface area contributed by atoms with E-state index in [1.54, 1.807) is 5.56 Å². The molecule has 0 heterocycles. The maximum absolute atomic E-state index is 6.62. The molecule has 2 fully saturated rings. The predicted molar refractivity (Wildman–Crippen MR) is 151 cm³/mol. The quantitative estimate of drug-likeness (QED) is 0.334. The molecule has 6 rings (SSSR count). The number of hydrogen-bond acceptors (Lipinski definition) is 3. The summed E-state index contributed by atoms with van der Waals surface area (Å²) in [6, 6.07) is 26.0. The molecule has 0 amide bonds. The van der Waals surface area contributed by atoms with Crippen molar-refractivity contribution in [3.63, 3.8) is 0 Å². The first-order chi connectivity index (χ1) is 18.0. The lowest BCUT2D eigenvalue weighted by molar-refractivity contribution is -0.0707. The second-order valence-corrected chi connectivity index (χ2v) is 12.0. The summed E-state index contributed by atoms with van der Waals surface area (Å²) in [6.07, 6.45) is 7.89. The van der Waals surface area contributed by atoms with E-state index in [2.05, 4.69) is 98.7 Å². The van der Waals surface area contributed by atoms with Crippen LogP contribution in [0.5, 0.6) is 5.75 Å². The van der Waals surface area contributed by atoms with Gasteiger partial charge in [-0.25, -0.2) is 0 Å². The van der Waals surface area contributed by atoms with E-state index in [1.165, 1.54) is 54.5 Å². The summed E-state index contributed by atoms with van der Waals surface area (Å²) in [6.45, 7) is 3.89.